The van der Waals surface area contributed by atoms with Crippen LogP contribution in [-0.2, 0) is 0 Å². The lowest BCUT2D eigenvalue weighted by atomic mass is 9.73. The third-order valence-electron chi connectivity index (χ3n) is 5.38. The molecular weight excluding hydrogens is 278 g/mol. The number of allylic oxidation sites excluding steroid dienone is 4. The minimum absolute atomic E-state index is 0.157. The summed E-state index contributed by atoms with van der Waals surface area (Å²) in [6.07, 6.45) is 8.83. The Balaban J connectivity index is 1.86. The number of hydrogen-bond acceptors (Lipinski definition) is 4. The Labute approximate surface area is 126 Å². The van der Waals surface area contributed by atoms with Crippen molar-refractivity contribution in [3.05, 3.63) is 47.8 Å². The molecule has 106 valence electrons. The third kappa shape index (κ3) is 0.997. The summed E-state index contributed by atoms with van der Waals surface area (Å²) in [4.78, 5) is 17.5. The zero-order valence-electron chi connectivity index (χ0n) is 11.6. The minimum Gasteiger partial charge on any atom is -0.454 e. The van der Waals surface area contributed by atoms with Gasteiger partial charge in [0.25, 0.3) is 0 Å². The Morgan fingerprint density at radius 3 is 3.23 bits per heavy atom. The van der Waals surface area contributed by atoms with E-state index in [1.165, 1.54) is 0 Å². The number of carbonyl (C=O) groups excluding carboxylic acids is 1. The number of ether oxygens (including phenoxy) is 2. The van der Waals surface area contributed by atoms with E-state index in [9.17, 15) is 4.79 Å². The fraction of sp³-hybridized carbons (Fsp3) is 0.222. The van der Waals surface area contributed by atoms with Gasteiger partial charge in [-0.2, -0.15) is 0 Å². The molecule has 2 heterocycles. The van der Waals surface area contributed by atoms with Gasteiger partial charge in [0.1, 0.15) is 5.69 Å². The van der Waals surface area contributed by atoms with Crippen molar-refractivity contribution < 1.29 is 14.3 Å². The van der Waals surface area contributed by atoms with E-state index in [4.69, 9.17) is 9.47 Å². The summed E-state index contributed by atoms with van der Waals surface area (Å²) in [6.45, 7) is 0.231. The SMILES string of the molecule is O=C1c2nccc3cc4c(c(c23)C2=CC=CC3CC123)OCO4. The van der Waals surface area contributed by atoms with Crippen LogP contribution in [-0.4, -0.2) is 17.6 Å². The van der Waals surface area contributed by atoms with Crippen LogP contribution in [0.3, 0.4) is 0 Å². The molecular formula is C18H11NO3. The van der Waals surface area contributed by atoms with Crippen LogP contribution in [0, 0.1) is 11.3 Å². The predicted molar refractivity (Wildman–Crippen MR) is 79.9 cm³/mol. The highest BCUT2D eigenvalue weighted by Gasteiger charge is 2.64. The van der Waals surface area contributed by atoms with Crippen LogP contribution in [0.4, 0.5) is 0 Å². The summed E-state index contributed by atoms with van der Waals surface area (Å²) in [7, 11) is 0. The number of rotatable bonds is 0. The van der Waals surface area contributed by atoms with Crippen molar-refractivity contribution in [2.24, 2.45) is 11.3 Å². The molecule has 0 N–H and O–H groups in total. The van der Waals surface area contributed by atoms with Gasteiger partial charge in [-0.3, -0.25) is 9.78 Å². The molecule has 2 aromatic rings. The smallest absolute Gasteiger partial charge is 0.231 e. The van der Waals surface area contributed by atoms with Gasteiger partial charge in [-0.25, -0.2) is 0 Å². The second kappa shape index (κ2) is 3.24. The number of benzene rings is 1. The molecule has 2 unspecified atom stereocenters. The van der Waals surface area contributed by atoms with E-state index in [0.717, 1.165) is 39.8 Å². The second-order valence-electron chi connectivity index (χ2n) is 6.32. The van der Waals surface area contributed by atoms with Gasteiger partial charge < -0.3 is 9.47 Å². The monoisotopic (exact) mass is 289 g/mol. The van der Waals surface area contributed by atoms with E-state index in [1.54, 1.807) is 6.20 Å². The van der Waals surface area contributed by atoms with Gasteiger partial charge in [0.05, 0.1) is 5.41 Å². The van der Waals surface area contributed by atoms with Crippen molar-refractivity contribution in [1.82, 2.24) is 4.98 Å². The summed E-state index contributed by atoms with van der Waals surface area (Å²) >= 11 is 0. The zero-order chi connectivity index (χ0) is 14.5. The molecule has 1 fully saturated rings. The van der Waals surface area contributed by atoms with E-state index in [2.05, 4.69) is 23.2 Å². The van der Waals surface area contributed by atoms with Crippen molar-refractivity contribution in [2.45, 2.75) is 6.42 Å². The Kier molecular flexibility index (Phi) is 1.62. The van der Waals surface area contributed by atoms with Gasteiger partial charge in [-0.1, -0.05) is 18.2 Å². The molecule has 3 aliphatic carbocycles. The minimum atomic E-state index is -0.413. The van der Waals surface area contributed by atoms with Gasteiger partial charge in [0, 0.05) is 17.1 Å². The maximum atomic E-state index is 13.1. The maximum absolute atomic E-state index is 13.1. The van der Waals surface area contributed by atoms with Crippen LogP contribution >= 0.6 is 0 Å². The third-order valence-corrected chi connectivity index (χ3v) is 5.38. The number of aromatic nitrogens is 1. The summed E-state index contributed by atoms with van der Waals surface area (Å²) in [6, 6.07) is 3.88. The summed E-state index contributed by atoms with van der Waals surface area (Å²) in [5.41, 5.74) is 2.27. The van der Waals surface area contributed by atoms with Gasteiger partial charge >= 0.3 is 0 Å². The van der Waals surface area contributed by atoms with E-state index in [-0.39, 0.29) is 12.6 Å². The molecule has 6 rings (SSSR count). The van der Waals surface area contributed by atoms with E-state index in [1.807, 2.05) is 12.1 Å². The largest absolute Gasteiger partial charge is 0.454 e. The summed E-state index contributed by atoms with van der Waals surface area (Å²) < 4.78 is 11.3. The number of fused-ring (bicyclic) bond motifs is 3. The molecule has 0 saturated heterocycles. The quantitative estimate of drug-likeness (QED) is 0.747. The van der Waals surface area contributed by atoms with Crippen LogP contribution in [0.2, 0.25) is 0 Å². The lowest BCUT2D eigenvalue weighted by Crippen LogP contribution is -2.27. The number of nitrogens with zero attached hydrogens (tertiary/aromatic N) is 1. The highest BCUT2D eigenvalue weighted by Crippen LogP contribution is 2.68. The predicted octanol–water partition coefficient (Wildman–Crippen LogP) is 3.12. The molecule has 0 bridgehead atoms. The molecule has 22 heavy (non-hydrogen) atoms. The first-order valence-corrected chi connectivity index (χ1v) is 7.46. The molecule has 2 atom stereocenters. The van der Waals surface area contributed by atoms with Crippen molar-refractivity contribution >= 4 is 22.1 Å². The van der Waals surface area contributed by atoms with Gasteiger partial charge in [0.2, 0.25) is 6.79 Å². The average Bonchev–Trinajstić information content (AvgIpc) is 3.12. The summed E-state index contributed by atoms with van der Waals surface area (Å²) in [5, 5.41) is 1.90. The van der Waals surface area contributed by atoms with Crippen LogP contribution in [0.15, 0.2) is 36.6 Å². The zero-order valence-corrected chi connectivity index (χ0v) is 11.6. The van der Waals surface area contributed by atoms with Crippen LogP contribution < -0.4 is 9.47 Å². The van der Waals surface area contributed by atoms with Crippen molar-refractivity contribution in [3.63, 3.8) is 0 Å². The number of carbonyl (C=O) groups is 1. The number of ketones is 1. The topological polar surface area (TPSA) is 48.4 Å². The van der Waals surface area contributed by atoms with E-state index >= 15 is 0 Å². The number of hydrogen-bond donors (Lipinski definition) is 0. The fourth-order valence-corrected chi connectivity index (χ4v) is 4.30. The van der Waals surface area contributed by atoms with Gasteiger partial charge in [0.15, 0.2) is 17.3 Å². The Bertz CT molecular complexity index is 972. The molecule has 1 aliphatic heterocycles. The highest BCUT2D eigenvalue weighted by molar-refractivity contribution is 6.24. The molecule has 4 heteroatoms. The van der Waals surface area contributed by atoms with Crippen LogP contribution in [0.25, 0.3) is 16.3 Å². The molecule has 1 saturated carbocycles. The van der Waals surface area contributed by atoms with E-state index < -0.39 is 5.41 Å². The Morgan fingerprint density at radius 2 is 2.27 bits per heavy atom. The first kappa shape index (κ1) is 11.0. The maximum Gasteiger partial charge on any atom is 0.231 e. The molecule has 0 radical (unpaired) electrons. The van der Waals surface area contributed by atoms with E-state index in [0.29, 0.717) is 11.6 Å². The molecule has 1 aromatic carbocycles. The lowest BCUT2D eigenvalue weighted by Gasteiger charge is -2.29. The van der Waals surface area contributed by atoms with Crippen LogP contribution in [0.5, 0.6) is 11.5 Å². The second-order valence-corrected chi connectivity index (χ2v) is 6.32. The fourth-order valence-electron chi connectivity index (χ4n) is 4.30. The molecule has 4 nitrogen and oxygen atoms in total. The molecule has 0 amide bonds. The first-order chi connectivity index (χ1) is 10.8. The van der Waals surface area contributed by atoms with Gasteiger partial charge in [-0.15, -0.1) is 0 Å². The van der Waals surface area contributed by atoms with Crippen molar-refractivity contribution in [3.8, 4) is 11.5 Å². The first-order valence-electron chi connectivity index (χ1n) is 7.46. The molecule has 4 aliphatic rings. The molecule has 1 aromatic heterocycles. The van der Waals surface area contributed by atoms with Crippen LogP contribution in [0.1, 0.15) is 22.5 Å². The highest BCUT2D eigenvalue weighted by atomic mass is 16.7. The summed E-state index contributed by atoms with van der Waals surface area (Å²) in [5.74, 6) is 1.98. The normalized spacial score (nSPS) is 29.2. The lowest BCUT2D eigenvalue weighted by molar-refractivity contribution is 0.0924. The van der Waals surface area contributed by atoms with Crippen molar-refractivity contribution in [1.29, 1.82) is 0 Å². The number of pyridine rings is 1. The number of Topliss-reactive ketones (excluding diaryl/α,β-unsaturated/α-hetero) is 1. The Morgan fingerprint density at radius 1 is 1.32 bits per heavy atom. The Hall–Kier alpha value is -2.62. The van der Waals surface area contributed by atoms with Gasteiger partial charge in [-0.05, 0) is 35.4 Å². The van der Waals surface area contributed by atoms with Crippen molar-refractivity contribution in [2.75, 3.05) is 6.79 Å². The average molecular weight is 289 g/mol. The standard InChI is InChI=1S/C18H11NO3/c20-17-15-13-9(4-5-19-15)6-12-16(22-8-21-12)14(13)11-3-1-2-10-7-18(10,11)17/h1-6,10H,7-8H2. The molecule has 1 spiro atoms.